The quantitative estimate of drug-likeness (QED) is 0.834. The van der Waals surface area contributed by atoms with E-state index in [1.807, 2.05) is 0 Å². The van der Waals surface area contributed by atoms with E-state index in [4.69, 9.17) is 9.47 Å². The Morgan fingerprint density at radius 1 is 1.08 bits per heavy atom. The molecule has 2 aromatic carbocycles. The molecule has 2 rings (SSSR count). The van der Waals surface area contributed by atoms with E-state index in [2.05, 4.69) is 0 Å². The number of carbonyl (C=O) groups is 1. The van der Waals surface area contributed by atoms with Gasteiger partial charge in [-0.3, -0.25) is 4.79 Å². The fourth-order valence-corrected chi connectivity index (χ4v) is 2.42. The summed E-state index contributed by atoms with van der Waals surface area (Å²) in [6.45, 7) is 1.73. The Bertz CT molecular complexity index is 749. The number of ether oxygens (including phenoxy) is 2. The molecular weight excluding hydrogens is 316 g/mol. The molecule has 0 aliphatic carbocycles. The number of halogens is 2. The molecule has 0 radical (unpaired) electrons. The summed E-state index contributed by atoms with van der Waals surface area (Å²) in [5, 5.41) is 0. The Morgan fingerprint density at radius 3 is 2.38 bits per heavy atom. The Hall–Kier alpha value is -2.63. The first-order valence-corrected chi connectivity index (χ1v) is 7.33. The second kappa shape index (κ2) is 7.29. The molecule has 4 nitrogen and oxygen atoms in total. The van der Waals surface area contributed by atoms with Crippen molar-refractivity contribution >= 4 is 5.91 Å². The fraction of sp³-hybridized carbons (Fsp3) is 0.278. The Balaban J connectivity index is 2.33. The highest BCUT2D eigenvalue weighted by atomic mass is 19.2. The van der Waals surface area contributed by atoms with Crippen LogP contribution in [-0.2, 0) is 0 Å². The molecule has 0 spiro atoms. The summed E-state index contributed by atoms with van der Waals surface area (Å²) in [5.74, 6) is -1.41. The molecule has 0 aromatic heterocycles. The molecule has 0 fully saturated rings. The van der Waals surface area contributed by atoms with Crippen LogP contribution in [0.1, 0.15) is 28.9 Å². The lowest BCUT2D eigenvalue weighted by atomic mass is 10.1. The topological polar surface area (TPSA) is 38.8 Å². The number of benzene rings is 2. The van der Waals surface area contributed by atoms with Gasteiger partial charge in [-0.05, 0) is 36.8 Å². The van der Waals surface area contributed by atoms with Gasteiger partial charge in [0.1, 0.15) is 0 Å². The zero-order valence-electron chi connectivity index (χ0n) is 14.0. The van der Waals surface area contributed by atoms with E-state index < -0.39 is 17.7 Å². The lowest BCUT2D eigenvalue weighted by molar-refractivity contribution is 0.0738. The molecule has 0 aliphatic heterocycles. The van der Waals surface area contributed by atoms with Crippen LogP contribution >= 0.6 is 0 Å². The first-order chi connectivity index (χ1) is 11.4. The van der Waals surface area contributed by atoms with Crippen molar-refractivity contribution in [1.29, 1.82) is 0 Å². The van der Waals surface area contributed by atoms with E-state index in [1.54, 1.807) is 32.2 Å². The van der Waals surface area contributed by atoms with Crippen LogP contribution in [0.5, 0.6) is 11.5 Å². The summed E-state index contributed by atoms with van der Waals surface area (Å²) in [6.07, 6.45) is 0. The number of hydrogen-bond donors (Lipinski definition) is 0. The van der Waals surface area contributed by atoms with Crippen LogP contribution in [0.2, 0.25) is 0 Å². The minimum atomic E-state index is -0.945. The summed E-state index contributed by atoms with van der Waals surface area (Å²) in [4.78, 5) is 14.2. The maximum absolute atomic E-state index is 13.4. The van der Waals surface area contributed by atoms with E-state index in [9.17, 15) is 13.6 Å². The van der Waals surface area contributed by atoms with Crippen molar-refractivity contribution in [3.05, 3.63) is 59.2 Å². The maximum atomic E-state index is 13.4. The highest BCUT2D eigenvalue weighted by molar-refractivity contribution is 5.97. The van der Waals surface area contributed by atoms with Gasteiger partial charge in [-0.2, -0.15) is 0 Å². The van der Waals surface area contributed by atoms with E-state index >= 15 is 0 Å². The Labute approximate surface area is 139 Å². The van der Waals surface area contributed by atoms with Crippen LogP contribution in [0, 0.1) is 11.6 Å². The fourth-order valence-electron chi connectivity index (χ4n) is 2.42. The molecule has 0 saturated carbocycles. The van der Waals surface area contributed by atoms with Gasteiger partial charge in [-0.1, -0.05) is 12.1 Å². The predicted octanol–water partition coefficient (Wildman–Crippen LogP) is 3.82. The number of nitrogens with zero attached hydrogens (tertiary/aromatic N) is 1. The van der Waals surface area contributed by atoms with E-state index in [0.29, 0.717) is 22.6 Å². The van der Waals surface area contributed by atoms with Crippen LogP contribution in [0.15, 0.2) is 36.4 Å². The molecule has 0 heterocycles. The van der Waals surface area contributed by atoms with E-state index in [0.717, 1.165) is 12.1 Å². The average molecular weight is 335 g/mol. The van der Waals surface area contributed by atoms with E-state index in [-0.39, 0.29) is 5.91 Å². The second-order valence-electron chi connectivity index (χ2n) is 5.31. The Morgan fingerprint density at radius 2 is 1.79 bits per heavy atom. The van der Waals surface area contributed by atoms with Gasteiger partial charge < -0.3 is 14.4 Å². The first-order valence-electron chi connectivity index (χ1n) is 7.33. The summed E-state index contributed by atoms with van der Waals surface area (Å²) in [6, 6.07) is 8.13. The molecule has 128 valence electrons. The minimum Gasteiger partial charge on any atom is -0.493 e. The van der Waals surface area contributed by atoms with E-state index in [1.165, 1.54) is 25.2 Å². The van der Waals surface area contributed by atoms with Gasteiger partial charge >= 0.3 is 0 Å². The summed E-state index contributed by atoms with van der Waals surface area (Å²) in [7, 11) is 4.53. The minimum absolute atomic E-state index is 0.317. The predicted molar refractivity (Wildman–Crippen MR) is 86.4 cm³/mol. The van der Waals surface area contributed by atoms with Crippen LogP contribution in [0.3, 0.4) is 0 Å². The largest absolute Gasteiger partial charge is 0.493 e. The van der Waals surface area contributed by atoms with Crippen LogP contribution in [0.4, 0.5) is 8.78 Å². The van der Waals surface area contributed by atoms with Gasteiger partial charge in [0, 0.05) is 7.05 Å². The number of amides is 1. The molecular formula is C18H19F2NO3. The molecule has 2 aromatic rings. The number of para-hydroxylation sites is 1. The summed E-state index contributed by atoms with van der Waals surface area (Å²) in [5.41, 5.74) is 0.820. The van der Waals surface area contributed by atoms with Crippen molar-refractivity contribution in [2.24, 2.45) is 0 Å². The third-order valence-corrected chi connectivity index (χ3v) is 3.96. The number of carbonyl (C=O) groups excluding carboxylic acids is 1. The lowest BCUT2D eigenvalue weighted by Crippen LogP contribution is -2.30. The van der Waals surface area contributed by atoms with Crippen molar-refractivity contribution in [3.63, 3.8) is 0 Å². The summed E-state index contributed by atoms with van der Waals surface area (Å²) >= 11 is 0. The van der Waals surface area contributed by atoms with Crippen LogP contribution < -0.4 is 9.47 Å². The number of hydrogen-bond acceptors (Lipinski definition) is 3. The van der Waals surface area contributed by atoms with Gasteiger partial charge in [0.25, 0.3) is 5.91 Å². The normalized spacial score (nSPS) is 11.8. The lowest BCUT2D eigenvalue weighted by Gasteiger charge is -2.26. The Kier molecular flexibility index (Phi) is 5.39. The van der Waals surface area contributed by atoms with Gasteiger partial charge in [0.05, 0.1) is 25.8 Å². The van der Waals surface area contributed by atoms with Crippen LogP contribution in [-0.4, -0.2) is 32.1 Å². The first kappa shape index (κ1) is 17.7. The highest BCUT2D eigenvalue weighted by Gasteiger charge is 2.24. The highest BCUT2D eigenvalue weighted by Crippen LogP contribution is 2.33. The molecule has 0 bridgehead atoms. The van der Waals surface area contributed by atoms with Crippen molar-refractivity contribution < 1.29 is 23.0 Å². The smallest absolute Gasteiger partial charge is 0.258 e. The molecule has 0 aliphatic rings. The summed E-state index contributed by atoms with van der Waals surface area (Å²) < 4.78 is 37.0. The second-order valence-corrected chi connectivity index (χ2v) is 5.31. The molecule has 24 heavy (non-hydrogen) atoms. The molecule has 1 atom stereocenters. The van der Waals surface area contributed by atoms with Gasteiger partial charge in [-0.25, -0.2) is 8.78 Å². The third-order valence-electron chi connectivity index (χ3n) is 3.96. The monoisotopic (exact) mass is 335 g/mol. The van der Waals surface area contributed by atoms with Crippen molar-refractivity contribution in [2.75, 3.05) is 21.3 Å². The molecule has 6 heteroatoms. The van der Waals surface area contributed by atoms with Crippen molar-refractivity contribution in [2.45, 2.75) is 13.0 Å². The molecule has 0 N–H and O–H groups in total. The zero-order valence-corrected chi connectivity index (χ0v) is 14.0. The zero-order chi connectivity index (χ0) is 17.9. The van der Waals surface area contributed by atoms with Crippen molar-refractivity contribution in [3.8, 4) is 11.5 Å². The van der Waals surface area contributed by atoms with Gasteiger partial charge in [0.15, 0.2) is 23.1 Å². The average Bonchev–Trinajstić information content (AvgIpc) is 2.61. The molecule has 1 unspecified atom stereocenters. The SMILES string of the molecule is COc1cccc(C(=O)N(C)C(C)c2ccc(F)c(F)c2)c1OC. The third kappa shape index (κ3) is 3.32. The number of rotatable bonds is 5. The maximum Gasteiger partial charge on any atom is 0.258 e. The molecule has 0 saturated heterocycles. The van der Waals surface area contributed by atoms with Crippen molar-refractivity contribution in [1.82, 2.24) is 4.90 Å². The standard InChI is InChI=1S/C18H19F2NO3/c1-11(12-8-9-14(19)15(20)10-12)21(2)18(22)13-6-5-7-16(23-3)17(13)24-4/h5-11H,1-4H3. The number of methoxy groups -OCH3 is 2. The van der Waals surface area contributed by atoms with Gasteiger partial charge in [0.2, 0.25) is 0 Å². The molecule has 1 amide bonds. The van der Waals surface area contributed by atoms with Crippen LogP contribution in [0.25, 0.3) is 0 Å². The van der Waals surface area contributed by atoms with Gasteiger partial charge in [-0.15, -0.1) is 0 Å².